The Hall–Kier alpha value is -1.62. The Morgan fingerprint density at radius 1 is 1.33 bits per heavy atom. The van der Waals surface area contributed by atoms with E-state index in [0.717, 1.165) is 18.5 Å². The number of ether oxygens (including phenoxy) is 1. The lowest BCUT2D eigenvalue weighted by atomic mass is 10.1. The van der Waals surface area contributed by atoms with E-state index in [2.05, 4.69) is 17.6 Å². The van der Waals surface area contributed by atoms with Gasteiger partial charge in [0.1, 0.15) is 0 Å². The van der Waals surface area contributed by atoms with Gasteiger partial charge in [0.05, 0.1) is 0 Å². The maximum atomic E-state index is 13.9. The summed E-state index contributed by atoms with van der Waals surface area (Å²) in [6, 6.07) is 4.78. The summed E-state index contributed by atoms with van der Waals surface area (Å²) in [5, 5.41) is 5.96. The molecule has 118 valence electrons. The van der Waals surface area contributed by atoms with Crippen LogP contribution in [0.4, 0.5) is 4.39 Å². The van der Waals surface area contributed by atoms with Gasteiger partial charge in [0, 0.05) is 12.1 Å². The summed E-state index contributed by atoms with van der Waals surface area (Å²) >= 11 is 0. The maximum absolute atomic E-state index is 13.9. The summed E-state index contributed by atoms with van der Waals surface area (Å²) in [7, 11) is 0. The van der Waals surface area contributed by atoms with Crippen LogP contribution in [0.15, 0.2) is 18.2 Å². The van der Waals surface area contributed by atoms with Crippen molar-refractivity contribution in [3.8, 4) is 5.75 Å². The van der Waals surface area contributed by atoms with Crippen molar-refractivity contribution in [2.75, 3.05) is 13.2 Å². The second kappa shape index (κ2) is 7.98. The molecule has 0 atom stereocenters. The molecule has 0 unspecified atom stereocenters. The molecule has 0 bridgehead atoms. The number of hydrogen-bond donors (Lipinski definition) is 2. The van der Waals surface area contributed by atoms with E-state index in [1.807, 2.05) is 20.8 Å². The third kappa shape index (κ3) is 7.09. The average molecular weight is 296 g/mol. The highest BCUT2D eigenvalue weighted by molar-refractivity contribution is 5.78. The predicted molar refractivity (Wildman–Crippen MR) is 81.8 cm³/mol. The zero-order valence-electron chi connectivity index (χ0n) is 13.3. The number of carbonyl (C=O) groups excluding carboxylic acids is 1. The van der Waals surface area contributed by atoms with Gasteiger partial charge in [-0.2, -0.15) is 0 Å². The Kier molecular flexibility index (Phi) is 6.62. The van der Waals surface area contributed by atoms with Gasteiger partial charge >= 0.3 is 0 Å². The van der Waals surface area contributed by atoms with E-state index in [9.17, 15) is 9.18 Å². The monoisotopic (exact) mass is 296 g/mol. The van der Waals surface area contributed by atoms with Crippen LogP contribution in [0.5, 0.6) is 5.75 Å². The standard InChI is InChI=1S/C16H25FN2O2/c1-5-8-18-10-12-6-7-14(13(17)9-12)21-11-15(20)19-16(2,3)4/h6-7,9,18H,5,8,10-11H2,1-4H3,(H,19,20). The van der Waals surface area contributed by atoms with Gasteiger partial charge < -0.3 is 15.4 Å². The summed E-state index contributed by atoms with van der Waals surface area (Å²) in [5.74, 6) is -0.622. The first-order chi connectivity index (χ1) is 9.81. The van der Waals surface area contributed by atoms with Gasteiger partial charge in [0.15, 0.2) is 18.2 Å². The fourth-order valence-electron chi connectivity index (χ4n) is 1.78. The lowest BCUT2D eigenvalue weighted by Gasteiger charge is -2.20. The summed E-state index contributed by atoms with van der Waals surface area (Å²) in [6.07, 6.45) is 1.03. The Labute approximate surface area is 126 Å². The van der Waals surface area contributed by atoms with Gasteiger partial charge in [-0.1, -0.05) is 13.0 Å². The molecule has 2 N–H and O–H groups in total. The molecule has 0 aliphatic heterocycles. The highest BCUT2D eigenvalue weighted by Gasteiger charge is 2.14. The van der Waals surface area contributed by atoms with E-state index < -0.39 is 5.82 Å². The van der Waals surface area contributed by atoms with Crippen molar-refractivity contribution in [3.63, 3.8) is 0 Å². The Morgan fingerprint density at radius 3 is 2.62 bits per heavy atom. The first-order valence-electron chi connectivity index (χ1n) is 7.25. The minimum absolute atomic E-state index is 0.0956. The number of carbonyl (C=O) groups is 1. The average Bonchev–Trinajstić information content (AvgIpc) is 2.36. The molecular weight excluding hydrogens is 271 g/mol. The molecule has 0 aliphatic carbocycles. The molecule has 4 nitrogen and oxygen atoms in total. The number of amides is 1. The molecular formula is C16H25FN2O2. The molecule has 1 aromatic carbocycles. The van der Waals surface area contributed by atoms with Crippen LogP contribution in [0.3, 0.4) is 0 Å². The zero-order chi connectivity index (χ0) is 15.9. The van der Waals surface area contributed by atoms with E-state index in [1.165, 1.54) is 6.07 Å². The lowest BCUT2D eigenvalue weighted by molar-refractivity contribution is -0.124. The van der Waals surface area contributed by atoms with Crippen LogP contribution in [0.25, 0.3) is 0 Å². The predicted octanol–water partition coefficient (Wildman–Crippen LogP) is 2.62. The normalized spacial score (nSPS) is 11.3. The molecule has 0 saturated carbocycles. The third-order valence-electron chi connectivity index (χ3n) is 2.63. The van der Waals surface area contributed by atoms with E-state index in [1.54, 1.807) is 12.1 Å². The maximum Gasteiger partial charge on any atom is 0.258 e. The molecule has 21 heavy (non-hydrogen) atoms. The van der Waals surface area contributed by atoms with Crippen molar-refractivity contribution >= 4 is 5.91 Å². The molecule has 0 heterocycles. The number of benzene rings is 1. The van der Waals surface area contributed by atoms with E-state index in [4.69, 9.17) is 4.74 Å². The van der Waals surface area contributed by atoms with Crippen LogP contribution in [-0.2, 0) is 11.3 Å². The van der Waals surface area contributed by atoms with Crippen molar-refractivity contribution in [1.82, 2.24) is 10.6 Å². The smallest absolute Gasteiger partial charge is 0.258 e. The van der Waals surface area contributed by atoms with E-state index >= 15 is 0 Å². The van der Waals surface area contributed by atoms with Crippen molar-refractivity contribution in [2.24, 2.45) is 0 Å². The summed E-state index contributed by atoms with van der Waals surface area (Å²) in [4.78, 5) is 11.6. The second-order valence-electron chi connectivity index (χ2n) is 6.03. The lowest BCUT2D eigenvalue weighted by Crippen LogP contribution is -2.43. The van der Waals surface area contributed by atoms with Crippen molar-refractivity contribution < 1.29 is 13.9 Å². The van der Waals surface area contributed by atoms with E-state index in [0.29, 0.717) is 6.54 Å². The Morgan fingerprint density at radius 2 is 2.05 bits per heavy atom. The number of hydrogen-bond acceptors (Lipinski definition) is 3. The van der Waals surface area contributed by atoms with Gasteiger partial charge in [-0.25, -0.2) is 4.39 Å². The molecule has 0 spiro atoms. The quantitative estimate of drug-likeness (QED) is 0.761. The molecule has 5 heteroatoms. The summed E-state index contributed by atoms with van der Waals surface area (Å²) in [6.45, 7) is 9.04. The molecule has 1 aromatic rings. The van der Waals surface area contributed by atoms with Crippen LogP contribution < -0.4 is 15.4 Å². The Balaban J connectivity index is 2.51. The second-order valence-corrected chi connectivity index (χ2v) is 6.03. The minimum Gasteiger partial charge on any atom is -0.481 e. The highest BCUT2D eigenvalue weighted by atomic mass is 19.1. The third-order valence-corrected chi connectivity index (χ3v) is 2.63. The minimum atomic E-state index is -0.450. The van der Waals surface area contributed by atoms with Crippen LogP contribution in [0.2, 0.25) is 0 Å². The highest BCUT2D eigenvalue weighted by Crippen LogP contribution is 2.18. The van der Waals surface area contributed by atoms with Crippen molar-refractivity contribution in [2.45, 2.75) is 46.2 Å². The summed E-state index contributed by atoms with van der Waals surface area (Å²) in [5.41, 5.74) is 0.529. The van der Waals surface area contributed by atoms with Gasteiger partial charge in [-0.05, 0) is 51.4 Å². The molecule has 0 aliphatic rings. The first kappa shape index (κ1) is 17.4. The number of nitrogens with one attached hydrogen (secondary N) is 2. The van der Waals surface area contributed by atoms with Crippen LogP contribution >= 0.6 is 0 Å². The molecule has 0 radical (unpaired) electrons. The van der Waals surface area contributed by atoms with E-state index in [-0.39, 0.29) is 23.8 Å². The van der Waals surface area contributed by atoms with Crippen molar-refractivity contribution in [3.05, 3.63) is 29.6 Å². The number of halogens is 1. The fraction of sp³-hybridized carbons (Fsp3) is 0.562. The molecule has 0 aromatic heterocycles. The van der Waals surface area contributed by atoms with Gasteiger partial charge in [-0.3, -0.25) is 4.79 Å². The Bertz CT molecular complexity index is 470. The zero-order valence-corrected chi connectivity index (χ0v) is 13.3. The van der Waals surface area contributed by atoms with Crippen LogP contribution in [0, 0.1) is 5.82 Å². The number of rotatable bonds is 7. The topological polar surface area (TPSA) is 50.4 Å². The molecule has 1 rings (SSSR count). The molecule has 0 fully saturated rings. The van der Waals surface area contributed by atoms with Crippen LogP contribution in [-0.4, -0.2) is 24.6 Å². The largest absolute Gasteiger partial charge is 0.481 e. The SMILES string of the molecule is CCCNCc1ccc(OCC(=O)NC(C)(C)C)c(F)c1. The fourth-order valence-corrected chi connectivity index (χ4v) is 1.78. The molecule has 1 amide bonds. The van der Waals surface area contributed by atoms with Crippen molar-refractivity contribution in [1.29, 1.82) is 0 Å². The molecule has 0 saturated heterocycles. The van der Waals surface area contributed by atoms with Gasteiger partial charge in [0.2, 0.25) is 0 Å². The van der Waals surface area contributed by atoms with Gasteiger partial charge in [0.25, 0.3) is 5.91 Å². The van der Waals surface area contributed by atoms with Gasteiger partial charge in [-0.15, -0.1) is 0 Å². The summed E-state index contributed by atoms with van der Waals surface area (Å²) < 4.78 is 19.1. The van der Waals surface area contributed by atoms with Crippen LogP contribution in [0.1, 0.15) is 39.7 Å². The first-order valence-corrected chi connectivity index (χ1v) is 7.25.